The number of likely N-dealkylation sites (tertiary alicyclic amines) is 1. The number of aliphatic hydroxyl groups is 1. The smallest absolute Gasteiger partial charge is 0.295 e. The number of aromatic nitrogens is 1. The topological polar surface area (TPSA) is 70.5 Å². The average Bonchev–Trinajstić information content (AvgIpc) is 2.88. The fraction of sp³-hybridized carbons (Fsp3) is 0.211. The second-order valence-electron chi connectivity index (χ2n) is 5.64. The molecular formula is C19H18N2O3. The molecule has 1 amide bonds. The number of hydrogen-bond acceptors (Lipinski definition) is 4. The molecule has 5 nitrogen and oxygen atoms in total. The molecule has 1 saturated heterocycles. The molecule has 5 heteroatoms. The zero-order chi connectivity index (χ0) is 17.1. The SMILES string of the molecule is CCCN1C(=O)C(=O)/C(=C(\O)c2ccccc2)C1c1ccncc1. The van der Waals surface area contributed by atoms with Crippen LogP contribution in [-0.2, 0) is 9.59 Å². The largest absolute Gasteiger partial charge is 0.507 e. The summed E-state index contributed by atoms with van der Waals surface area (Å²) in [5.41, 5.74) is 1.41. The molecule has 0 aliphatic carbocycles. The summed E-state index contributed by atoms with van der Waals surface area (Å²) in [6.07, 6.45) is 3.95. The highest BCUT2D eigenvalue weighted by Crippen LogP contribution is 2.39. The van der Waals surface area contributed by atoms with Crippen LogP contribution in [-0.4, -0.2) is 33.2 Å². The van der Waals surface area contributed by atoms with E-state index >= 15 is 0 Å². The summed E-state index contributed by atoms with van der Waals surface area (Å²) < 4.78 is 0. The van der Waals surface area contributed by atoms with Crippen molar-refractivity contribution in [3.8, 4) is 0 Å². The lowest BCUT2D eigenvalue weighted by atomic mass is 9.96. The van der Waals surface area contributed by atoms with Crippen LogP contribution in [0.3, 0.4) is 0 Å². The van der Waals surface area contributed by atoms with Gasteiger partial charge in [0.15, 0.2) is 0 Å². The van der Waals surface area contributed by atoms with Crippen molar-refractivity contribution in [1.29, 1.82) is 0 Å². The van der Waals surface area contributed by atoms with E-state index in [1.54, 1.807) is 48.8 Å². The van der Waals surface area contributed by atoms with Crippen LogP contribution in [0, 0.1) is 0 Å². The molecule has 0 radical (unpaired) electrons. The first-order valence-corrected chi connectivity index (χ1v) is 7.89. The van der Waals surface area contributed by atoms with Gasteiger partial charge in [-0.1, -0.05) is 37.3 Å². The van der Waals surface area contributed by atoms with Crippen LogP contribution in [0.2, 0.25) is 0 Å². The van der Waals surface area contributed by atoms with Crippen molar-refractivity contribution in [2.45, 2.75) is 19.4 Å². The standard InChI is InChI=1S/C19H18N2O3/c1-2-12-21-16(13-8-10-20-11-9-13)15(18(23)19(21)24)17(22)14-6-4-3-5-7-14/h3-11,16,22H,2,12H2,1H3/b17-15-. The molecule has 1 aliphatic rings. The van der Waals surface area contributed by atoms with Gasteiger partial charge in [-0.05, 0) is 24.1 Å². The van der Waals surface area contributed by atoms with Gasteiger partial charge in [-0.2, -0.15) is 0 Å². The van der Waals surface area contributed by atoms with Gasteiger partial charge in [-0.25, -0.2) is 0 Å². The fourth-order valence-corrected chi connectivity index (χ4v) is 3.00. The number of pyridine rings is 1. The maximum absolute atomic E-state index is 12.6. The van der Waals surface area contributed by atoms with Crippen LogP contribution < -0.4 is 0 Å². The number of rotatable bonds is 4. The van der Waals surface area contributed by atoms with E-state index in [0.29, 0.717) is 12.1 Å². The Balaban J connectivity index is 2.18. The Hall–Kier alpha value is -2.95. The lowest BCUT2D eigenvalue weighted by Crippen LogP contribution is -2.30. The number of aliphatic hydroxyl groups excluding tert-OH is 1. The summed E-state index contributed by atoms with van der Waals surface area (Å²) in [4.78, 5) is 30.5. The van der Waals surface area contributed by atoms with Gasteiger partial charge in [0, 0.05) is 24.5 Å². The molecule has 1 aromatic heterocycles. The van der Waals surface area contributed by atoms with Crippen LogP contribution in [0.5, 0.6) is 0 Å². The molecular weight excluding hydrogens is 304 g/mol. The number of benzene rings is 1. The zero-order valence-corrected chi connectivity index (χ0v) is 13.3. The minimum absolute atomic E-state index is 0.130. The normalized spacial score (nSPS) is 19.7. The quantitative estimate of drug-likeness (QED) is 0.534. The molecule has 1 aliphatic heterocycles. The third-order valence-corrected chi connectivity index (χ3v) is 4.07. The molecule has 1 unspecified atom stereocenters. The van der Waals surface area contributed by atoms with Crippen LogP contribution in [0.25, 0.3) is 5.76 Å². The molecule has 1 fully saturated rings. The summed E-state index contributed by atoms with van der Waals surface area (Å²) in [6, 6.07) is 11.7. The van der Waals surface area contributed by atoms with E-state index in [1.165, 1.54) is 4.90 Å². The highest BCUT2D eigenvalue weighted by molar-refractivity contribution is 6.46. The highest BCUT2D eigenvalue weighted by Gasteiger charge is 2.45. The Bertz CT molecular complexity index is 785. The summed E-state index contributed by atoms with van der Waals surface area (Å²) in [5, 5.41) is 10.7. The first kappa shape index (κ1) is 15.9. The zero-order valence-electron chi connectivity index (χ0n) is 13.3. The lowest BCUT2D eigenvalue weighted by molar-refractivity contribution is -0.139. The maximum Gasteiger partial charge on any atom is 0.295 e. The number of amides is 1. The van der Waals surface area contributed by atoms with E-state index in [-0.39, 0.29) is 11.3 Å². The average molecular weight is 322 g/mol. The Kier molecular flexibility index (Phi) is 4.42. The monoisotopic (exact) mass is 322 g/mol. The van der Waals surface area contributed by atoms with Gasteiger partial charge >= 0.3 is 0 Å². The Morgan fingerprint density at radius 2 is 1.79 bits per heavy atom. The van der Waals surface area contributed by atoms with Gasteiger partial charge in [-0.3, -0.25) is 14.6 Å². The van der Waals surface area contributed by atoms with Crippen LogP contribution in [0.1, 0.15) is 30.5 Å². The minimum Gasteiger partial charge on any atom is -0.507 e. The van der Waals surface area contributed by atoms with Crippen LogP contribution >= 0.6 is 0 Å². The van der Waals surface area contributed by atoms with Crippen LogP contribution in [0.4, 0.5) is 0 Å². The first-order valence-electron chi connectivity index (χ1n) is 7.89. The van der Waals surface area contributed by atoms with Crippen molar-refractivity contribution in [3.05, 3.63) is 71.6 Å². The minimum atomic E-state index is -0.647. The fourth-order valence-electron chi connectivity index (χ4n) is 3.00. The molecule has 122 valence electrons. The number of carbonyl (C=O) groups is 2. The Morgan fingerprint density at radius 1 is 1.12 bits per heavy atom. The second-order valence-corrected chi connectivity index (χ2v) is 5.64. The van der Waals surface area contributed by atoms with Crippen molar-refractivity contribution in [1.82, 2.24) is 9.88 Å². The third-order valence-electron chi connectivity index (χ3n) is 4.07. The van der Waals surface area contributed by atoms with Crippen LogP contribution in [0.15, 0.2) is 60.4 Å². The van der Waals surface area contributed by atoms with Gasteiger partial charge in [0.05, 0.1) is 11.6 Å². The predicted octanol–water partition coefficient (Wildman–Crippen LogP) is 2.91. The maximum atomic E-state index is 12.6. The summed E-state index contributed by atoms with van der Waals surface area (Å²) in [7, 11) is 0. The summed E-state index contributed by atoms with van der Waals surface area (Å²) in [6.45, 7) is 2.39. The second kappa shape index (κ2) is 6.66. The van der Waals surface area contributed by atoms with Crippen molar-refractivity contribution in [2.75, 3.05) is 6.54 Å². The van der Waals surface area contributed by atoms with E-state index in [1.807, 2.05) is 13.0 Å². The molecule has 3 rings (SSSR count). The predicted molar refractivity (Wildman–Crippen MR) is 90.0 cm³/mol. The van der Waals surface area contributed by atoms with Crippen molar-refractivity contribution < 1.29 is 14.7 Å². The van der Waals surface area contributed by atoms with Crippen molar-refractivity contribution in [3.63, 3.8) is 0 Å². The molecule has 0 spiro atoms. The number of nitrogens with zero attached hydrogens (tertiary/aromatic N) is 2. The van der Waals surface area contributed by atoms with Crippen molar-refractivity contribution in [2.24, 2.45) is 0 Å². The van der Waals surface area contributed by atoms with Crippen molar-refractivity contribution >= 4 is 17.4 Å². The summed E-state index contributed by atoms with van der Waals surface area (Å²) in [5.74, 6) is -1.36. The molecule has 1 aromatic carbocycles. The number of hydrogen-bond donors (Lipinski definition) is 1. The molecule has 1 N–H and O–H groups in total. The molecule has 24 heavy (non-hydrogen) atoms. The molecule has 2 heterocycles. The third kappa shape index (κ3) is 2.69. The van der Waals surface area contributed by atoms with Gasteiger partial charge in [-0.15, -0.1) is 0 Å². The van der Waals surface area contributed by atoms with Gasteiger partial charge < -0.3 is 10.0 Å². The molecule has 0 bridgehead atoms. The number of Topliss-reactive ketones (excluding diaryl/α,β-unsaturated/α-hetero) is 1. The molecule has 0 saturated carbocycles. The van der Waals surface area contributed by atoms with E-state index in [0.717, 1.165) is 12.0 Å². The highest BCUT2D eigenvalue weighted by atomic mass is 16.3. The molecule has 2 aromatic rings. The van der Waals surface area contributed by atoms with Gasteiger partial charge in [0.25, 0.3) is 11.7 Å². The Labute approximate surface area is 140 Å². The van der Waals surface area contributed by atoms with E-state index in [4.69, 9.17) is 0 Å². The lowest BCUT2D eigenvalue weighted by Gasteiger charge is -2.24. The Morgan fingerprint density at radius 3 is 2.42 bits per heavy atom. The number of ketones is 1. The van der Waals surface area contributed by atoms with E-state index < -0.39 is 17.7 Å². The number of carbonyl (C=O) groups excluding carboxylic acids is 2. The van der Waals surface area contributed by atoms with Gasteiger partial charge in [0.2, 0.25) is 0 Å². The van der Waals surface area contributed by atoms with E-state index in [9.17, 15) is 14.7 Å². The molecule has 1 atom stereocenters. The van der Waals surface area contributed by atoms with E-state index in [2.05, 4.69) is 4.98 Å². The first-order chi connectivity index (χ1) is 11.6. The summed E-state index contributed by atoms with van der Waals surface area (Å²) >= 11 is 0. The van der Waals surface area contributed by atoms with Gasteiger partial charge in [0.1, 0.15) is 5.76 Å².